The lowest BCUT2D eigenvalue weighted by Gasteiger charge is -2.43. The molecule has 2 amide bonds. The van der Waals surface area contributed by atoms with Crippen molar-refractivity contribution in [3.05, 3.63) is 11.6 Å². The van der Waals surface area contributed by atoms with Gasteiger partial charge in [0.05, 0.1) is 46.3 Å². The van der Waals surface area contributed by atoms with Crippen molar-refractivity contribution < 1.29 is 14.1 Å². The predicted molar refractivity (Wildman–Crippen MR) is 105 cm³/mol. The molecule has 1 heterocycles. The van der Waals surface area contributed by atoms with Crippen LogP contribution in [0.2, 0.25) is 0 Å². The van der Waals surface area contributed by atoms with Gasteiger partial charge in [0.2, 0.25) is 11.8 Å². The number of hydrogen-bond donors (Lipinski definition) is 0. The van der Waals surface area contributed by atoms with Crippen LogP contribution in [0.1, 0.15) is 41.0 Å². The number of carbonyl (C=O) groups excluding carboxylic acids is 2. The van der Waals surface area contributed by atoms with Crippen molar-refractivity contribution in [2.24, 2.45) is 17.8 Å². The van der Waals surface area contributed by atoms with Gasteiger partial charge in [0.25, 0.3) is 0 Å². The van der Waals surface area contributed by atoms with Gasteiger partial charge in [0, 0.05) is 20.4 Å². The standard InChI is InChI=1S/C21H38N3O2/c1-16-13-17(2)21(18(3)14-16)15-23(20(5)26)9-12-24(6)10-7-22(8-11-24)19(4)25/h13,17-18,21H,7-12,14-15H2,1-6H3/q+1/t17-,18+,21+/m1/s1. The summed E-state index contributed by atoms with van der Waals surface area (Å²) in [6, 6.07) is 0. The molecule has 0 unspecified atom stereocenters. The second kappa shape index (κ2) is 8.55. The Hall–Kier alpha value is -1.36. The number of quaternary nitrogens is 1. The van der Waals surface area contributed by atoms with Crippen molar-refractivity contribution in [3.8, 4) is 0 Å². The first kappa shape index (κ1) is 20.9. The van der Waals surface area contributed by atoms with Gasteiger partial charge in [0.15, 0.2) is 0 Å². The normalized spacial score (nSPS) is 28.5. The molecule has 0 radical (unpaired) electrons. The minimum atomic E-state index is 0.172. The van der Waals surface area contributed by atoms with Gasteiger partial charge in [0.1, 0.15) is 0 Å². The van der Waals surface area contributed by atoms with E-state index in [1.165, 1.54) is 5.57 Å². The molecule has 1 aliphatic heterocycles. The molecule has 3 atom stereocenters. The minimum Gasteiger partial charge on any atom is -0.337 e. The molecule has 0 bridgehead atoms. The fraction of sp³-hybridized carbons (Fsp3) is 0.810. The smallest absolute Gasteiger partial charge is 0.219 e. The van der Waals surface area contributed by atoms with Gasteiger partial charge in [-0.3, -0.25) is 9.59 Å². The van der Waals surface area contributed by atoms with E-state index in [2.05, 4.69) is 38.8 Å². The molecule has 1 saturated heterocycles. The summed E-state index contributed by atoms with van der Waals surface area (Å²) < 4.78 is 0.947. The second-order valence-electron chi connectivity index (χ2n) is 8.98. The third kappa shape index (κ3) is 5.32. The number of piperazine rings is 1. The lowest BCUT2D eigenvalue weighted by Crippen LogP contribution is -2.60. The Morgan fingerprint density at radius 1 is 1.23 bits per heavy atom. The van der Waals surface area contributed by atoms with Crippen LogP contribution in [0.5, 0.6) is 0 Å². The van der Waals surface area contributed by atoms with E-state index < -0.39 is 0 Å². The highest BCUT2D eigenvalue weighted by molar-refractivity contribution is 5.73. The van der Waals surface area contributed by atoms with Crippen LogP contribution >= 0.6 is 0 Å². The van der Waals surface area contributed by atoms with Gasteiger partial charge < -0.3 is 14.3 Å². The van der Waals surface area contributed by atoms with Gasteiger partial charge in [-0.1, -0.05) is 25.5 Å². The average molecular weight is 365 g/mol. The van der Waals surface area contributed by atoms with Crippen molar-refractivity contribution in [1.82, 2.24) is 9.80 Å². The van der Waals surface area contributed by atoms with E-state index in [9.17, 15) is 9.59 Å². The minimum absolute atomic E-state index is 0.172. The summed E-state index contributed by atoms with van der Waals surface area (Å²) >= 11 is 0. The number of hydrogen-bond acceptors (Lipinski definition) is 2. The number of rotatable bonds is 5. The van der Waals surface area contributed by atoms with Crippen LogP contribution in [-0.2, 0) is 9.59 Å². The highest BCUT2D eigenvalue weighted by Gasteiger charge is 2.32. The Bertz CT molecular complexity index is 549. The average Bonchev–Trinajstić information content (AvgIpc) is 2.53. The molecule has 0 N–H and O–H groups in total. The molecule has 2 aliphatic rings. The molecule has 0 spiro atoms. The number of amides is 2. The molecule has 148 valence electrons. The van der Waals surface area contributed by atoms with Crippen LogP contribution in [0.4, 0.5) is 0 Å². The number of likely N-dealkylation sites (N-methyl/N-ethyl adjacent to an activating group) is 1. The van der Waals surface area contributed by atoms with E-state index in [1.54, 1.807) is 13.8 Å². The third-order valence-corrected chi connectivity index (χ3v) is 6.65. The summed E-state index contributed by atoms with van der Waals surface area (Å²) in [5.74, 6) is 2.06. The van der Waals surface area contributed by atoms with E-state index in [0.717, 1.165) is 56.7 Å². The molecule has 0 aromatic rings. The third-order valence-electron chi connectivity index (χ3n) is 6.65. The first-order valence-electron chi connectivity index (χ1n) is 10.1. The number of allylic oxidation sites excluding steroid dienone is 2. The molecule has 0 saturated carbocycles. The van der Waals surface area contributed by atoms with Crippen molar-refractivity contribution in [2.75, 3.05) is 52.9 Å². The van der Waals surface area contributed by atoms with Crippen molar-refractivity contribution in [1.29, 1.82) is 0 Å². The molecule has 1 fully saturated rings. The number of carbonyl (C=O) groups is 2. The predicted octanol–water partition coefficient (Wildman–Crippen LogP) is 2.38. The molecule has 1 aliphatic carbocycles. The Morgan fingerprint density at radius 3 is 2.35 bits per heavy atom. The van der Waals surface area contributed by atoms with Gasteiger partial charge in [-0.2, -0.15) is 0 Å². The molecule has 0 aromatic carbocycles. The van der Waals surface area contributed by atoms with Crippen LogP contribution in [0.25, 0.3) is 0 Å². The van der Waals surface area contributed by atoms with Gasteiger partial charge in [-0.25, -0.2) is 0 Å². The van der Waals surface area contributed by atoms with Gasteiger partial charge in [-0.05, 0) is 31.1 Å². The zero-order valence-corrected chi connectivity index (χ0v) is 17.6. The summed E-state index contributed by atoms with van der Waals surface area (Å²) in [5, 5.41) is 0. The zero-order valence-electron chi connectivity index (χ0n) is 17.6. The topological polar surface area (TPSA) is 40.6 Å². The largest absolute Gasteiger partial charge is 0.337 e. The van der Waals surface area contributed by atoms with Gasteiger partial charge >= 0.3 is 0 Å². The Balaban J connectivity index is 1.93. The molecular formula is C21H38N3O2+. The summed E-state index contributed by atoms with van der Waals surface area (Å²) in [4.78, 5) is 27.8. The second-order valence-corrected chi connectivity index (χ2v) is 8.98. The quantitative estimate of drug-likeness (QED) is 0.555. The summed E-state index contributed by atoms with van der Waals surface area (Å²) in [6.45, 7) is 16.4. The van der Waals surface area contributed by atoms with E-state index in [4.69, 9.17) is 0 Å². The lowest BCUT2D eigenvalue weighted by molar-refractivity contribution is -0.912. The van der Waals surface area contributed by atoms with E-state index in [1.807, 2.05) is 4.90 Å². The first-order chi connectivity index (χ1) is 12.1. The Labute approximate surface area is 159 Å². The SMILES string of the molecule is CC(=O)N1CC[N+](C)(CCN(C[C@H]2[C@H](C)C=C(C)C[C@@H]2C)C(C)=O)CC1. The molecule has 26 heavy (non-hydrogen) atoms. The zero-order chi connectivity index (χ0) is 19.5. The summed E-state index contributed by atoms with van der Waals surface area (Å²) in [5.41, 5.74) is 1.48. The fourth-order valence-electron chi connectivity index (χ4n) is 4.64. The fourth-order valence-corrected chi connectivity index (χ4v) is 4.64. The van der Waals surface area contributed by atoms with Crippen LogP contribution in [0, 0.1) is 17.8 Å². The molecule has 5 nitrogen and oxygen atoms in total. The lowest BCUT2D eigenvalue weighted by atomic mass is 9.75. The molecule has 0 aromatic heterocycles. The maximum Gasteiger partial charge on any atom is 0.219 e. The van der Waals surface area contributed by atoms with Crippen molar-refractivity contribution in [2.45, 2.75) is 41.0 Å². The summed E-state index contributed by atoms with van der Waals surface area (Å²) in [7, 11) is 2.26. The van der Waals surface area contributed by atoms with E-state index in [-0.39, 0.29) is 11.8 Å². The summed E-state index contributed by atoms with van der Waals surface area (Å²) in [6.07, 6.45) is 3.53. The molecule has 2 rings (SSSR count). The number of nitrogens with zero attached hydrogens (tertiary/aromatic N) is 3. The van der Waals surface area contributed by atoms with Gasteiger partial charge in [-0.15, -0.1) is 0 Å². The maximum atomic E-state index is 12.3. The molecular weight excluding hydrogens is 326 g/mol. The highest BCUT2D eigenvalue weighted by atomic mass is 16.2. The maximum absolute atomic E-state index is 12.3. The van der Waals surface area contributed by atoms with E-state index in [0.29, 0.717) is 17.8 Å². The van der Waals surface area contributed by atoms with Crippen molar-refractivity contribution in [3.63, 3.8) is 0 Å². The van der Waals surface area contributed by atoms with E-state index >= 15 is 0 Å². The first-order valence-corrected chi connectivity index (χ1v) is 10.1. The van der Waals surface area contributed by atoms with Crippen molar-refractivity contribution >= 4 is 11.8 Å². The molecule has 5 heteroatoms. The Morgan fingerprint density at radius 2 is 1.85 bits per heavy atom. The van der Waals surface area contributed by atoms with Crippen LogP contribution < -0.4 is 0 Å². The van der Waals surface area contributed by atoms with Crippen LogP contribution in [0.15, 0.2) is 11.6 Å². The monoisotopic (exact) mass is 364 g/mol. The van der Waals surface area contributed by atoms with Crippen LogP contribution in [0.3, 0.4) is 0 Å². The van der Waals surface area contributed by atoms with Crippen LogP contribution in [-0.4, -0.2) is 79.0 Å². The highest BCUT2D eigenvalue weighted by Crippen LogP contribution is 2.34. The Kier molecular flexibility index (Phi) is 6.89.